The van der Waals surface area contributed by atoms with Crippen LogP contribution in [0.5, 0.6) is 0 Å². The molecule has 0 aliphatic heterocycles. The number of aromatic nitrogens is 2. The van der Waals surface area contributed by atoms with Gasteiger partial charge in [-0.25, -0.2) is 0 Å². The third-order valence-electron chi connectivity index (χ3n) is 6.87. The van der Waals surface area contributed by atoms with E-state index in [9.17, 15) is 5.11 Å². The summed E-state index contributed by atoms with van der Waals surface area (Å²) in [6.45, 7) is 0. The second-order valence-corrected chi connectivity index (χ2v) is 8.84. The van der Waals surface area contributed by atoms with Crippen LogP contribution in [-0.2, 0) is 0 Å². The van der Waals surface area contributed by atoms with Crippen LogP contribution in [0.4, 0.5) is 0 Å². The highest BCUT2D eigenvalue weighted by atomic mass is 16.3. The minimum absolute atomic E-state index is 0.717. The Hall–Kier alpha value is -4.34. The van der Waals surface area contributed by atoms with E-state index in [0.717, 1.165) is 44.3 Å². The number of nitrogens with one attached hydrogen (secondary N) is 1. The van der Waals surface area contributed by atoms with Crippen molar-refractivity contribution in [3.8, 4) is 5.69 Å². The van der Waals surface area contributed by atoms with Crippen LogP contribution in [0.25, 0.3) is 49.3 Å². The highest BCUT2D eigenvalue weighted by molar-refractivity contribution is 6.09. The molecule has 0 saturated heterocycles. The molecular formula is C31H22N2O. The highest BCUT2D eigenvalue weighted by Crippen LogP contribution is 2.34. The Balaban J connectivity index is 1.37. The number of aliphatic hydroxyl groups excluding tert-OH is 1. The van der Waals surface area contributed by atoms with Crippen molar-refractivity contribution < 1.29 is 5.11 Å². The summed E-state index contributed by atoms with van der Waals surface area (Å²) < 4.78 is 2.28. The lowest BCUT2D eigenvalue weighted by molar-refractivity contribution is 0.220. The fourth-order valence-corrected chi connectivity index (χ4v) is 5.26. The maximum absolute atomic E-state index is 11.4. The molecule has 0 aliphatic rings. The van der Waals surface area contributed by atoms with Crippen LogP contribution in [0.15, 0.2) is 115 Å². The molecule has 2 N–H and O–H groups in total. The Labute approximate surface area is 196 Å². The van der Waals surface area contributed by atoms with E-state index >= 15 is 0 Å². The van der Waals surface area contributed by atoms with Crippen molar-refractivity contribution >= 4 is 43.6 Å². The maximum atomic E-state index is 11.4. The van der Waals surface area contributed by atoms with Gasteiger partial charge in [-0.15, -0.1) is 0 Å². The first kappa shape index (κ1) is 19.2. The predicted molar refractivity (Wildman–Crippen MR) is 141 cm³/mol. The maximum Gasteiger partial charge on any atom is 0.104 e. The molecule has 3 nitrogen and oxygen atoms in total. The van der Waals surface area contributed by atoms with Gasteiger partial charge in [0.1, 0.15) is 6.10 Å². The van der Waals surface area contributed by atoms with Gasteiger partial charge in [0.2, 0.25) is 0 Å². The van der Waals surface area contributed by atoms with Crippen molar-refractivity contribution in [2.45, 2.75) is 6.10 Å². The van der Waals surface area contributed by atoms with Crippen LogP contribution in [-0.4, -0.2) is 14.7 Å². The minimum Gasteiger partial charge on any atom is -0.384 e. The summed E-state index contributed by atoms with van der Waals surface area (Å²) in [5.41, 5.74) is 7.32. The molecule has 7 rings (SSSR count). The van der Waals surface area contributed by atoms with Crippen molar-refractivity contribution in [1.82, 2.24) is 9.55 Å². The highest BCUT2D eigenvalue weighted by Gasteiger charge is 2.16. The van der Waals surface area contributed by atoms with E-state index in [1.807, 2.05) is 30.3 Å². The van der Waals surface area contributed by atoms with Crippen molar-refractivity contribution in [3.05, 3.63) is 126 Å². The standard InChI is InChI=1S/C31H22N2O/c34-31(21-16-17-28-26(19-21)23-10-1-4-13-27(23)32-28)20-8-7-9-22(18-20)33-29-14-5-2-11-24(29)25-12-3-6-15-30(25)33/h1-19,31-32,34H. The Morgan fingerprint density at radius 3 is 1.91 bits per heavy atom. The first-order valence-corrected chi connectivity index (χ1v) is 11.5. The molecule has 2 aromatic heterocycles. The van der Waals surface area contributed by atoms with Crippen LogP contribution in [0.2, 0.25) is 0 Å². The fourth-order valence-electron chi connectivity index (χ4n) is 5.26. The Morgan fingerprint density at radius 2 is 1.15 bits per heavy atom. The summed E-state index contributed by atoms with van der Waals surface area (Å²) in [7, 11) is 0. The van der Waals surface area contributed by atoms with Gasteiger partial charge in [-0.1, -0.05) is 72.8 Å². The molecule has 2 heterocycles. The first-order valence-electron chi connectivity index (χ1n) is 11.5. The molecule has 3 heteroatoms. The van der Waals surface area contributed by atoms with Crippen LogP contribution in [0.3, 0.4) is 0 Å². The summed E-state index contributed by atoms with van der Waals surface area (Å²) in [6, 6.07) is 39.7. The molecule has 0 bridgehead atoms. The Kier molecular flexibility index (Phi) is 4.14. The van der Waals surface area contributed by atoms with Crippen LogP contribution >= 0.6 is 0 Å². The molecule has 1 unspecified atom stereocenters. The second kappa shape index (κ2) is 7.34. The molecule has 34 heavy (non-hydrogen) atoms. The van der Waals surface area contributed by atoms with E-state index in [-0.39, 0.29) is 0 Å². The number of rotatable bonds is 3. The zero-order valence-corrected chi connectivity index (χ0v) is 18.4. The Morgan fingerprint density at radius 1 is 0.529 bits per heavy atom. The molecule has 0 spiro atoms. The summed E-state index contributed by atoms with van der Waals surface area (Å²) in [5, 5.41) is 16.2. The zero-order valence-electron chi connectivity index (χ0n) is 18.4. The minimum atomic E-state index is -0.717. The van der Waals surface area contributed by atoms with Crippen molar-refractivity contribution in [3.63, 3.8) is 0 Å². The van der Waals surface area contributed by atoms with Crippen molar-refractivity contribution in [2.24, 2.45) is 0 Å². The quantitative estimate of drug-likeness (QED) is 0.295. The molecule has 0 saturated carbocycles. The number of nitrogens with zero attached hydrogens (tertiary/aromatic N) is 1. The molecule has 0 radical (unpaired) electrons. The van der Waals surface area contributed by atoms with Gasteiger partial charge in [0.25, 0.3) is 0 Å². The number of para-hydroxylation sites is 3. The van der Waals surface area contributed by atoms with E-state index in [4.69, 9.17) is 0 Å². The van der Waals surface area contributed by atoms with Gasteiger partial charge >= 0.3 is 0 Å². The lowest BCUT2D eigenvalue weighted by Gasteiger charge is -2.15. The molecule has 0 aliphatic carbocycles. The molecule has 5 aromatic carbocycles. The average Bonchev–Trinajstić information content (AvgIpc) is 3.44. The van der Waals surface area contributed by atoms with Crippen molar-refractivity contribution in [2.75, 3.05) is 0 Å². The zero-order chi connectivity index (χ0) is 22.6. The van der Waals surface area contributed by atoms with Crippen molar-refractivity contribution in [1.29, 1.82) is 0 Å². The monoisotopic (exact) mass is 438 g/mol. The van der Waals surface area contributed by atoms with E-state index < -0.39 is 6.10 Å². The SMILES string of the molecule is OC(c1cccc(-n2c3ccccc3c3ccccc32)c1)c1ccc2[nH]c3ccccc3c2c1. The van der Waals surface area contributed by atoms with E-state index in [0.29, 0.717) is 0 Å². The molecule has 0 fully saturated rings. The van der Waals surface area contributed by atoms with E-state index in [2.05, 4.69) is 94.5 Å². The van der Waals surface area contributed by atoms with Gasteiger partial charge < -0.3 is 14.7 Å². The summed E-state index contributed by atoms with van der Waals surface area (Å²) in [6.07, 6.45) is -0.717. The predicted octanol–water partition coefficient (Wildman–Crippen LogP) is 7.50. The number of aliphatic hydroxyl groups is 1. The number of aromatic amines is 1. The smallest absolute Gasteiger partial charge is 0.104 e. The van der Waals surface area contributed by atoms with E-state index in [1.54, 1.807) is 0 Å². The lowest BCUT2D eigenvalue weighted by atomic mass is 9.99. The molecule has 7 aromatic rings. The molecular weight excluding hydrogens is 416 g/mol. The summed E-state index contributed by atoms with van der Waals surface area (Å²) in [5.74, 6) is 0. The normalized spacial score (nSPS) is 12.7. The summed E-state index contributed by atoms with van der Waals surface area (Å²) in [4.78, 5) is 3.46. The average molecular weight is 439 g/mol. The third-order valence-corrected chi connectivity index (χ3v) is 6.87. The topological polar surface area (TPSA) is 41.0 Å². The first-order chi connectivity index (χ1) is 16.8. The molecule has 162 valence electrons. The van der Waals surface area contributed by atoms with Crippen LogP contribution in [0.1, 0.15) is 17.2 Å². The van der Waals surface area contributed by atoms with Gasteiger partial charge in [0.05, 0.1) is 11.0 Å². The largest absolute Gasteiger partial charge is 0.384 e. The number of benzene rings is 5. The molecule has 1 atom stereocenters. The second-order valence-electron chi connectivity index (χ2n) is 8.84. The number of hydrogen-bond acceptors (Lipinski definition) is 1. The summed E-state index contributed by atoms with van der Waals surface area (Å²) >= 11 is 0. The lowest BCUT2D eigenvalue weighted by Crippen LogP contribution is -2.02. The number of hydrogen-bond donors (Lipinski definition) is 2. The molecule has 0 amide bonds. The van der Waals surface area contributed by atoms with Gasteiger partial charge in [-0.05, 0) is 53.6 Å². The third kappa shape index (κ3) is 2.81. The number of H-pyrrole nitrogens is 1. The van der Waals surface area contributed by atoms with E-state index in [1.165, 1.54) is 16.2 Å². The van der Waals surface area contributed by atoms with Gasteiger partial charge in [-0.3, -0.25) is 0 Å². The van der Waals surface area contributed by atoms with Gasteiger partial charge in [0.15, 0.2) is 0 Å². The van der Waals surface area contributed by atoms with Gasteiger partial charge in [-0.2, -0.15) is 0 Å². The number of fused-ring (bicyclic) bond motifs is 6. The van der Waals surface area contributed by atoms with Crippen LogP contribution < -0.4 is 0 Å². The fraction of sp³-hybridized carbons (Fsp3) is 0.0323. The van der Waals surface area contributed by atoms with Gasteiger partial charge in [0, 0.05) is 38.3 Å². The van der Waals surface area contributed by atoms with Crippen LogP contribution in [0, 0.1) is 0 Å². The Bertz CT molecular complexity index is 1790.